The van der Waals surface area contributed by atoms with Crippen LogP contribution in [0.5, 0.6) is 5.75 Å². The summed E-state index contributed by atoms with van der Waals surface area (Å²) in [7, 11) is 0. The fraction of sp³-hybridized carbons (Fsp3) is 0.333. The lowest BCUT2D eigenvalue weighted by Crippen LogP contribution is -2.37. The Balaban J connectivity index is 1.38. The van der Waals surface area contributed by atoms with Gasteiger partial charge in [-0.1, -0.05) is 18.2 Å². The van der Waals surface area contributed by atoms with Crippen molar-refractivity contribution >= 4 is 11.6 Å². The van der Waals surface area contributed by atoms with Gasteiger partial charge in [0, 0.05) is 49.2 Å². The minimum atomic E-state index is -2.93. The van der Waals surface area contributed by atoms with Gasteiger partial charge in [0.05, 0.1) is 43.1 Å². The highest BCUT2D eigenvalue weighted by Gasteiger charge is 2.30. The average molecular weight is 480 g/mol. The summed E-state index contributed by atoms with van der Waals surface area (Å²) in [4.78, 5) is 20.4. The molecule has 0 aliphatic carbocycles. The normalized spacial score (nSPS) is 18.1. The lowest BCUT2D eigenvalue weighted by atomic mass is 10.0. The maximum atomic E-state index is 13.0. The molecule has 1 unspecified atom stereocenters. The number of fused-ring (bicyclic) bond motifs is 3. The molecule has 9 nitrogen and oxygen atoms in total. The molecular weight excluding hydrogens is 458 g/mol. The molecule has 0 bridgehead atoms. The maximum absolute atomic E-state index is 13.0. The van der Waals surface area contributed by atoms with E-state index in [1.807, 2.05) is 10.6 Å². The summed E-state index contributed by atoms with van der Waals surface area (Å²) < 4.78 is 44.2. The zero-order valence-corrected chi connectivity index (χ0v) is 18.7. The van der Waals surface area contributed by atoms with Crippen LogP contribution in [-0.4, -0.2) is 63.9 Å². The molecule has 0 radical (unpaired) electrons. The van der Waals surface area contributed by atoms with Crippen molar-refractivity contribution in [2.75, 3.05) is 37.8 Å². The molecule has 2 aliphatic heterocycles. The third-order valence-electron chi connectivity index (χ3n) is 6.14. The number of ether oxygens (including phenoxy) is 3. The van der Waals surface area contributed by atoms with Crippen LogP contribution in [0.4, 0.5) is 14.7 Å². The zero-order chi connectivity index (χ0) is 23.8. The van der Waals surface area contributed by atoms with Gasteiger partial charge in [0.2, 0.25) is 5.95 Å². The fourth-order valence-electron chi connectivity index (χ4n) is 4.50. The van der Waals surface area contributed by atoms with Crippen LogP contribution in [0.25, 0.3) is 16.9 Å². The zero-order valence-electron chi connectivity index (χ0n) is 18.7. The highest BCUT2D eigenvalue weighted by molar-refractivity contribution is 5.59. The van der Waals surface area contributed by atoms with Crippen LogP contribution in [0.3, 0.4) is 0 Å². The second kappa shape index (κ2) is 9.16. The molecule has 0 amide bonds. The van der Waals surface area contributed by atoms with Gasteiger partial charge in [0.15, 0.2) is 5.65 Å². The van der Waals surface area contributed by atoms with E-state index >= 15 is 0 Å². The van der Waals surface area contributed by atoms with Gasteiger partial charge < -0.3 is 19.1 Å². The van der Waals surface area contributed by atoms with E-state index in [2.05, 4.69) is 19.9 Å². The Labute approximate surface area is 199 Å². The topological polar surface area (TPSA) is 86.9 Å². The standard InChI is InChI=1S/C24H22F2N6O3/c25-23(26)35-19-4-2-1-3-16(19)22-21-17(5-8-34-22)30-20-13-27-18(14-32(20)21)15-11-28-24(29-12-15)31-6-9-33-10-7-31/h1-4,11-14,22-23H,5-10H2. The molecule has 2 aliphatic rings. The third-order valence-corrected chi connectivity index (χ3v) is 6.14. The Morgan fingerprint density at radius 1 is 1.00 bits per heavy atom. The lowest BCUT2D eigenvalue weighted by molar-refractivity contribution is -0.0522. The van der Waals surface area contributed by atoms with E-state index in [4.69, 9.17) is 19.2 Å². The van der Waals surface area contributed by atoms with E-state index in [0.29, 0.717) is 49.1 Å². The van der Waals surface area contributed by atoms with E-state index in [0.717, 1.165) is 30.0 Å². The number of morpholine rings is 1. The van der Waals surface area contributed by atoms with Crippen molar-refractivity contribution in [3.8, 4) is 17.0 Å². The van der Waals surface area contributed by atoms with Crippen molar-refractivity contribution in [2.45, 2.75) is 19.1 Å². The van der Waals surface area contributed by atoms with E-state index < -0.39 is 12.7 Å². The summed E-state index contributed by atoms with van der Waals surface area (Å²) in [5.41, 5.74) is 4.19. The molecule has 0 spiro atoms. The van der Waals surface area contributed by atoms with Gasteiger partial charge in [-0.25, -0.2) is 15.0 Å². The molecule has 0 saturated carbocycles. The molecule has 4 aromatic rings. The number of hydrogen-bond acceptors (Lipinski definition) is 8. The SMILES string of the molecule is FC(F)Oc1ccccc1C1OCCc2nc3cnc(-c4cnc(N5CCOCC5)nc4)cn3c21. The smallest absolute Gasteiger partial charge is 0.387 e. The highest BCUT2D eigenvalue weighted by Crippen LogP contribution is 2.38. The molecule has 35 heavy (non-hydrogen) atoms. The number of benzene rings is 1. The molecular formula is C24H22F2N6O3. The summed E-state index contributed by atoms with van der Waals surface area (Å²) in [6.07, 6.45) is 7.02. The number of anilines is 1. The first-order chi connectivity index (χ1) is 17.2. The fourth-order valence-corrected chi connectivity index (χ4v) is 4.50. The number of rotatable bonds is 5. The first-order valence-corrected chi connectivity index (χ1v) is 11.3. The molecule has 6 rings (SSSR count). The molecule has 1 atom stereocenters. The van der Waals surface area contributed by atoms with E-state index in [-0.39, 0.29) is 5.75 Å². The summed E-state index contributed by atoms with van der Waals surface area (Å²) in [5.74, 6) is 0.735. The van der Waals surface area contributed by atoms with Gasteiger partial charge in [-0.2, -0.15) is 8.78 Å². The lowest BCUT2D eigenvalue weighted by Gasteiger charge is -2.26. The Morgan fingerprint density at radius 2 is 1.80 bits per heavy atom. The Hall–Kier alpha value is -3.70. The van der Waals surface area contributed by atoms with Gasteiger partial charge in [-0.3, -0.25) is 9.38 Å². The predicted octanol–water partition coefficient (Wildman–Crippen LogP) is 3.29. The first-order valence-electron chi connectivity index (χ1n) is 11.3. The number of imidazole rings is 1. The van der Waals surface area contributed by atoms with Crippen LogP contribution in [0.15, 0.2) is 49.1 Å². The number of halogens is 2. The van der Waals surface area contributed by atoms with Crippen molar-refractivity contribution in [1.82, 2.24) is 24.3 Å². The van der Waals surface area contributed by atoms with Crippen LogP contribution in [0.1, 0.15) is 23.1 Å². The molecule has 3 aromatic heterocycles. The van der Waals surface area contributed by atoms with Crippen LogP contribution in [-0.2, 0) is 15.9 Å². The Bertz CT molecular complexity index is 1340. The predicted molar refractivity (Wildman–Crippen MR) is 122 cm³/mol. The second-order valence-corrected chi connectivity index (χ2v) is 8.23. The van der Waals surface area contributed by atoms with Crippen LogP contribution < -0.4 is 9.64 Å². The van der Waals surface area contributed by atoms with Gasteiger partial charge in [0.1, 0.15) is 11.9 Å². The average Bonchev–Trinajstić information content (AvgIpc) is 3.27. The van der Waals surface area contributed by atoms with Gasteiger partial charge in [-0.15, -0.1) is 0 Å². The molecule has 1 fully saturated rings. The summed E-state index contributed by atoms with van der Waals surface area (Å²) >= 11 is 0. The summed E-state index contributed by atoms with van der Waals surface area (Å²) in [5, 5.41) is 0. The van der Waals surface area contributed by atoms with Gasteiger partial charge in [0.25, 0.3) is 0 Å². The summed E-state index contributed by atoms with van der Waals surface area (Å²) in [6.45, 7) is 0.304. The second-order valence-electron chi connectivity index (χ2n) is 8.23. The molecule has 11 heteroatoms. The largest absolute Gasteiger partial charge is 0.434 e. The molecule has 5 heterocycles. The number of para-hydroxylation sites is 1. The number of alkyl halides is 2. The molecule has 1 aromatic carbocycles. The number of nitrogens with zero attached hydrogens (tertiary/aromatic N) is 6. The Morgan fingerprint density at radius 3 is 2.60 bits per heavy atom. The monoisotopic (exact) mass is 480 g/mol. The van der Waals surface area contributed by atoms with Crippen molar-refractivity contribution in [3.05, 3.63) is 66.0 Å². The third kappa shape index (κ3) is 4.17. The first kappa shape index (κ1) is 21.8. The van der Waals surface area contributed by atoms with E-state index in [1.165, 1.54) is 6.07 Å². The Kier molecular flexibility index (Phi) is 5.71. The van der Waals surface area contributed by atoms with Crippen LogP contribution >= 0.6 is 0 Å². The molecule has 1 saturated heterocycles. The number of hydrogen-bond donors (Lipinski definition) is 0. The van der Waals surface area contributed by atoms with Crippen molar-refractivity contribution in [3.63, 3.8) is 0 Å². The van der Waals surface area contributed by atoms with Gasteiger partial charge in [-0.05, 0) is 6.07 Å². The van der Waals surface area contributed by atoms with Gasteiger partial charge >= 0.3 is 6.61 Å². The quantitative estimate of drug-likeness (QED) is 0.430. The maximum Gasteiger partial charge on any atom is 0.387 e. The van der Waals surface area contributed by atoms with Crippen molar-refractivity contribution in [1.29, 1.82) is 0 Å². The van der Waals surface area contributed by atoms with Crippen LogP contribution in [0.2, 0.25) is 0 Å². The van der Waals surface area contributed by atoms with Crippen molar-refractivity contribution < 1.29 is 23.0 Å². The minimum absolute atomic E-state index is 0.0803. The summed E-state index contributed by atoms with van der Waals surface area (Å²) in [6, 6.07) is 6.68. The molecule has 180 valence electrons. The molecule has 0 N–H and O–H groups in total. The van der Waals surface area contributed by atoms with E-state index in [1.54, 1.807) is 36.8 Å². The van der Waals surface area contributed by atoms with E-state index in [9.17, 15) is 8.78 Å². The van der Waals surface area contributed by atoms with Crippen molar-refractivity contribution in [2.24, 2.45) is 0 Å². The van der Waals surface area contributed by atoms with Crippen LogP contribution in [0, 0.1) is 0 Å². The number of aromatic nitrogens is 5. The minimum Gasteiger partial charge on any atom is -0.434 e. The highest BCUT2D eigenvalue weighted by atomic mass is 19.3.